The summed E-state index contributed by atoms with van der Waals surface area (Å²) < 4.78 is 1.88. The lowest BCUT2D eigenvalue weighted by Crippen LogP contribution is -2.37. The fourth-order valence-electron chi connectivity index (χ4n) is 1.52. The Bertz CT molecular complexity index is 286. The molecule has 0 bridgehead atoms. The van der Waals surface area contributed by atoms with E-state index >= 15 is 0 Å². The minimum atomic E-state index is -0.0394. The maximum Gasteiger partial charge on any atom is 0.0991 e. The number of aromatic nitrogens is 3. The van der Waals surface area contributed by atoms with Crippen LogP contribution in [0.5, 0.6) is 0 Å². The molecule has 4 N–H and O–H groups in total. The van der Waals surface area contributed by atoms with Crippen LogP contribution >= 0.6 is 0 Å². The average molecular weight is 181 g/mol. The SMILES string of the molecule is CC(N)c1cn(C2CC(N)C2)nn1. The number of hydrogen-bond acceptors (Lipinski definition) is 4. The molecule has 0 spiro atoms. The molecule has 1 aromatic heterocycles. The van der Waals surface area contributed by atoms with Gasteiger partial charge in [-0.05, 0) is 19.8 Å². The molecule has 0 radical (unpaired) electrons. The van der Waals surface area contributed by atoms with Crippen LogP contribution in [0, 0.1) is 0 Å². The van der Waals surface area contributed by atoms with Crippen molar-refractivity contribution in [1.29, 1.82) is 0 Å². The normalized spacial score (nSPS) is 29.8. The van der Waals surface area contributed by atoms with Crippen LogP contribution in [0.4, 0.5) is 0 Å². The lowest BCUT2D eigenvalue weighted by atomic mass is 9.88. The molecule has 0 saturated heterocycles. The molecule has 13 heavy (non-hydrogen) atoms. The number of hydrogen-bond donors (Lipinski definition) is 2. The number of nitrogens with zero attached hydrogens (tertiary/aromatic N) is 3. The van der Waals surface area contributed by atoms with Crippen LogP contribution in [0.2, 0.25) is 0 Å². The van der Waals surface area contributed by atoms with Crippen molar-refractivity contribution in [3.63, 3.8) is 0 Å². The maximum atomic E-state index is 5.69. The quantitative estimate of drug-likeness (QED) is 0.670. The summed E-state index contributed by atoms with van der Waals surface area (Å²) in [6.07, 6.45) is 3.92. The highest BCUT2D eigenvalue weighted by atomic mass is 15.4. The van der Waals surface area contributed by atoms with Crippen molar-refractivity contribution in [1.82, 2.24) is 15.0 Å². The second kappa shape index (κ2) is 3.08. The van der Waals surface area contributed by atoms with Gasteiger partial charge < -0.3 is 11.5 Å². The summed E-state index contributed by atoms with van der Waals surface area (Å²) in [6.45, 7) is 1.90. The van der Waals surface area contributed by atoms with Crippen LogP contribution in [0.1, 0.15) is 37.5 Å². The third-order valence-corrected chi connectivity index (χ3v) is 2.52. The van der Waals surface area contributed by atoms with Gasteiger partial charge in [-0.15, -0.1) is 5.10 Å². The van der Waals surface area contributed by atoms with Crippen LogP contribution in [-0.2, 0) is 0 Å². The minimum Gasteiger partial charge on any atom is -0.328 e. The van der Waals surface area contributed by atoms with E-state index in [0.29, 0.717) is 12.1 Å². The van der Waals surface area contributed by atoms with Crippen LogP contribution in [0.25, 0.3) is 0 Å². The highest BCUT2D eigenvalue weighted by Gasteiger charge is 2.28. The molecule has 1 unspecified atom stereocenters. The molecule has 1 saturated carbocycles. The molecule has 1 aliphatic rings. The summed E-state index contributed by atoms with van der Waals surface area (Å²) in [6, 6.07) is 0.741. The van der Waals surface area contributed by atoms with E-state index in [1.807, 2.05) is 17.8 Å². The van der Waals surface area contributed by atoms with E-state index in [4.69, 9.17) is 11.5 Å². The molecule has 1 aliphatic carbocycles. The summed E-state index contributed by atoms with van der Waals surface area (Å²) >= 11 is 0. The largest absolute Gasteiger partial charge is 0.328 e. The maximum absolute atomic E-state index is 5.69. The van der Waals surface area contributed by atoms with Gasteiger partial charge in [-0.2, -0.15) is 0 Å². The van der Waals surface area contributed by atoms with E-state index in [-0.39, 0.29) is 6.04 Å². The summed E-state index contributed by atoms with van der Waals surface area (Å²) in [4.78, 5) is 0. The first-order valence-corrected chi connectivity index (χ1v) is 4.59. The van der Waals surface area contributed by atoms with Gasteiger partial charge in [0.1, 0.15) is 0 Å². The predicted molar refractivity (Wildman–Crippen MR) is 48.9 cm³/mol. The zero-order chi connectivity index (χ0) is 9.42. The van der Waals surface area contributed by atoms with Crippen molar-refractivity contribution in [2.24, 2.45) is 11.5 Å². The molecule has 0 aromatic carbocycles. The highest BCUT2D eigenvalue weighted by molar-refractivity contribution is 5.00. The predicted octanol–water partition coefficient (Wildman–Crippen LogP) is -0.0400. The number of rotatable bonds is 2. The van der Waals surface area contributed by atoms with Gasteiger partial charge >= 0.3 is 0 Å². The van der Waals surface area contributed by atoms with Crippen molar-refractivity contribution in [2.45, 2.75) is 37.9 Å². The molecule has 1 atom stereocenters. The Hall–Kier alpha value is -0.940. The lowest BCUT2D eigenvalue weighted by molar-refractivity contribution is 0.243. The molecule has 0 aliphatic heterocycles. The van der Waals surface area contributed by atoms with Crippen molar-refractivity contribution in [2.75, 3.05) is 0 Å². The monoisotopic (exact) mass is 181 g/mol. The van der Waals surface area contributed by atoms with Crippen LogP contribution < -0.4 is 11.5 Å². The number of nitrogens with two attached hydrogens (primary N) is 2. The fraction of sp³-hybridized carbons (Fsp3) is 0.750. The van der Waals surface area contributed by atoms with E-state index in [0.717, 1.165) is 18.5 Å². The van der Waals surface area contributed by atoms with Crippen molar-refractivity contribution < 1.29 is 0 Å². The third-order valence-electron chi connectivity index (χ3n) is 2.52. The summed E-state index contributed by atoms with van der Waals surface area (Å²) in [5.74, 6) is 0. The molecule has 72 valence electrons. The molecule has 5 heteroatoms. The van der Waals surface area contributed by atoms with Gasteiger partial charge in [-0.1, -0.05) is 5.21 Å². The van der Waals surface area contributed by atoms with Gasteiger partial charge in [0.15, 0.2) is 0 Å². The van der Waals surface area contributed by atoms with Crippen LogP contribution in [0.3, 0.4) is 0 Å². The van der Waals surface area contributed by atoms with Crippen molar-refractivity contribution >= 4 is 0 Å². The van der Waals surface area contributed by atoms with Gasteiger partial charge in [0.25, 0.3) is 0 Å². The van der Waals surface area contributed by atoms with Crippen molar-refractivity contribution in [3.8, 4) is 0 Å². The Morgan fingerprint density at radius 3 is 2.77 bits per heavy atom. The van der Waals surface area contributed by atoms with Gasteiger partial charge in [-0.25, -0.2) is 4.68 Å². The Morgan fingerprint density at radius 1 is 1.62 bits per heavy atom. The molecule has 1 fully saturated rings. The fourth-order valence-corrected chi connectivity index (χ4v) is 1.52. The first-order chi connectivity index (χ1) is 6.16. The first-order valence-electron chi connectivity index (χ1n) is 4.59. The second-order valence-corrected chi connectivity index (χ2v) is 3.80. The van der Waals surface area contributed by atoms with E-state index < -0.39 is 0 Å². The van der Waals surface area contributed by atoms with Crippen molar-refractivity contribution in [3.05, 3.63) is 11.9 Å². The summed E-state index contributed by atoms with van der Waals surface area (Å²) in [5, 5.41) is 8.02. The van der Waals surface area contributed by atoms with Gasteiger partial charge in [-0.3, -0.25) is 0 Å². The van der Waals surface area contributed by atoms with E-state index in [1.165, 1.54) is 0 Å². The Kier molecular flexibility index (Phi) is 2.05. The van der Waals surface area contributed by atoms with Gasteiger partial charge in [0.2, 0.25) is 0 Å². The lowest BCUT2D eigenvalue weighted by Gasteiger charge is -2.31. The zero-order valence-electron chi connectivity index (χ0n) is 7.72. The molecular formula is C8H15N5. The van der Waals surface area contributed by atoms with Gasteiger partial charge in [0.05, 0.1) is 17.9 Å². The third kappa shape index (κ3) is 1.57. The topological polar surface area (TPSA) is 82.8 Å². The molecule has 0 amide bonds. The van der Waals surface area contributed by atoms with Crippen LogP contribution in [-0.4, -0.2) is 21.0 Å². The zero-order valence-corrected chi connectivity index (χ0v) is 7.72. The smallest absolute Gasteiger partial charge is 0.0991 e. The highest BCUT2D eigenvalue weighted by Crippen LogP contribution is 2.29. The minimum absolute atomic E-state index is 0.0394. The van der Waals surface area contributed by atoms with E-state index in [9.17, 15) is 0 Å². The van der Waals surface area contributed by atoms with Gasteiger partial charge in [0, 0.05) is 12.1 Å². The Labute approximate surface area is 77.1 Å². The molecule has 1 heterocycles. The molecule has 1 aromatic rings. The molecular weight excluding hydrogens is 166 g/mol. The Balaban J connectivity index is 2.06. The molecule has 5 nitrogen and oxygen atoms in total. The summed E-state index contributed by atoms with van der Waals surface area (Å²) in [5.41, 5.74) is 12.2. The van der Waals surface area contributed by atoms with E-state index in [1.54, 1.807) is 0 Å². The average Bonchev–Trinajstić information content (AvgIpc) is 2.46. The summed E-state index contributed by atoms with van der Waals surface area (Å²) in [7, 11) is 0. The van der Waals surface area contributed by atoms with Crippen LogP contribution in [0.15, 0.2) is 6.20 Å². The second-order valence-electron chi connectivity index (χ2n) is 3.80. The standard InChI is InChI=1S/C8H15N5/c1-5(9)8-4-13(12-11-8)7-2-6(10)3-7/h4-7H,2-3,9-10H2,1H3. The first kappa shape index (κ1) is 8.65. The van der Waals surface area contributed by atoms with E-state index in [2.05, 4.69) is 10.3 Å². The Morgan fingerprint density at radius 2 is 2.31 bits per heavy atom. The molecule has 2 rings (SSSR count).